The highest BCUT2D eigenvalue weighted by Gasteiger charge is 2.10. The van der Waals surface area contributed by atoms with Gasteiger partial charge in [0.15, 0.2) is 0 Å². The van der Waals surface area contributed by atoms with E-state index >= 15 is 0 Å². The van der Waals surface area contributed by atoms with Crippen LogP contribution < -0.4 is 5.73 Å². The first kappa shape index (κ1) is 12.6. The standard InChI is InChI=1S/C14H16ClNS/c1-9(7-16)11-6-14(17-8-11)12-4-3-5-13(15)10(12)2/h3-6,8-9H,7,16H2,1-2H3. The first-order valence-corrected chi connectivity index (χ1v) is 6.93. The van der Waals surface area contributed by atoms with E-state index in [0.29, 0.717) is 12.5 Å². The Labute approximate surface area is 111 Å². The van der Waals surface area contributed by atoms with E-state index in [9.17, 15) is 0 Å². The maximum Gasteiger partial charge on any atom is 0.0441 e. The van der Waals surface area contributed by atoms with Crippen molar-refractivity contribution in [3.8, 4) is 10.4 Å². The minimum Gasteiger partial charge on any atom is -0.330 e. The van der Waals surface area contributed by atoms with Crippen molar-refractivity contribution in [1.82, 2.24) is 0 Å². The Morgan fingerprint density at radius 3 is 2.88 bits per heavy atom. The summed E-state index contributed by atoms with van der Waals surface area (Å²) in [6, 6.07) is 8.26. The van der Waals surface area contributed by atoms with Crippen LogP contribution in [0.2, 0.25) is 5.02 Å². The molecule has 2 aromatic rings. The Morgan fingerprint density at radius 1 is 1.41 bits per heavy atom. The summed E-state index contributed by atoms with van der Waals surface area (Å²) in [5.74, 6) is 0.416. The highest BCUT2D eigenvalue weighted by Crippen LogP contribution is 2.34. The molecule has 0 saturated heterocycles. The highest BCUT2D eigenvalue weighted by molar-refractivity contribution is 7.13. The van der Waals surface area contributed by atoms with Gasteiger partial charge in [-0.15, -0.1) is 11.3 Å². The van der Waals surface area contributed by atoms with Crippen molar-refractivity contribution < 1.29 is 0 Å². The largest absolute Gasteiger partial charge is 0.330 e. The number of rotatable bonds is 3. The summed E-state index contributed by atoms with van der Waals surface area (Å²) in [6.07, 6.45) is 0. The van der Waals surface area contributed by atoms with Gasteiger partial charge in [-0.05, 0) is 53.6 Å². The van der Waals surface area contributed by atoms with Crippen LogP contribution in [-0.4, -0.2) is 6.54 Å². The molecule has 1 atom stereocenters. The third-order valence-electron chi connectivity index (χ3n) is 3.08. The van der Waals surface area contributed by atoms with E-state index in [1.54, 1.807) is 11.3 Å². The lowest BCUT2D eigenvalue weighted by Crippen LogP contribution is -2.07. The number of halogens is 1. The van der Waals surface area contributed by atoms with Gasteiger partial charge in [0.1, 0.15) is 0 Å². The van der Waals surface area contributed by atoms with Crippen LogP contribution in [-0.2, 0) is 0 Å². The molecule has 0 spiro atoms. The van der Waals surface area contributed by atoms with Crippen LogP contribution in [0.1, 0.15) is 24.0 Å². The maximum absolute atomic E-state index is 6.14. The second kappa shape index (κ2) is 5.21. The lowest BCUT2D eigenvalue weighted by molar-refractivity contribution is 0.778. The molecule has 0 bridgehead atoms. The first-order valence-electron chi connectivity index (χ1n) is 5.67. The van der Waals surface area contributed by atoms with Crippen LogP contribution in [0.3, 0.4) is 0 Å². The van der Waals surface area contributed by atoms with Crippen LogP contribution >= 0.6 is 22.9 Å². The average Bonchev–Trinajstić information content (AvgIpc) is 2.81. The zero-order valence-electron chi connectivity index (χ0n) is 10.0. The number of thiophene rings is 1. The monoisotopic (exact) mass is 265 g/mol. The summed E-state index contributed by atoms with van der Waals surface area (Å²) in [5.41, 5.74) is 9.36. The van der Waals surface area contributed by atoms with Crippen molar-refractivity contribution in [3.63, 3.8) is 0 Å². The molecule has 17 heavy (non-hydrogen) atoms. The second-order valence-electron chi connectivity index (χ2n) is 4.29. The van der Waals surface area contributed by atoms with Gasteiger partial charge in [-0.1, -0.05) is 30.7 Å². The average molecular weight is 266 g/mol. The van der Waals surface area contributed by atoms with Gasteiger partial charge in [0.2, 0.25) is 0 Å². The third-order valence-corrected chi connectivity index (χ3v) is 4.47. The number of hydrogen-bond donors (Lipinski definition) is 1. The van der Waals surface area contributed by atoms with Gasteiger partial charge in [-0.3, -0.25) is 0 Å². The Morgan fingerprint density at radius 2 is 2.18 bits per heavy atom. The molecule has 3 heteroatoms. The van der Waals surface area contributed by atoms with Crippen LogP contribution in [0.25, 0.3) is 10.4 Å². The molecule has 2 N–H and O–H groups in total. The third kappa shape index (κ3) is 2.54. The van der Waals surface area contributed by atoms with Crippen LogP contribution in [0.15, 0.2) is 29.6 Å². The lowest BCUT2D eigenvalue weighted by atomic mass is 10.0. The van der Waals surface area contributed by atoms with Gasteiger partial charge >= 0.3 is 0 Å². The van der Waals surface area contributed by atoms with Crippen molar-refractivity contribution in [2.75, 3.05) is 6.54 Å². The second-order valence-corrected chi connectivity index (χ2v) is 5.61. The topological polar surface area (TPSA) is 26.0 Å². The molecule has 1 aromatic carbocycles. The van der Waals surface area contributed by atoms with Crippen molar-refractivity contribution in [1.29, 1.82) is 0 Å². The highest BCUT2D eigenvalue weighted by atomic mass is 35.5. The summed E-state index contributed by atoms with van der Waals surface area (Å²) in [5, 5.41) is 3.01. The Balaban J connectivity index is 2.40. The van der Waals surface area contributed by atoms with Crippen molar-refractivity contribution in [2.45, 2.75) is 19.8 Å². The summed E-state index contributed by atoms with van der Waals surface area (Å²) < 4.78 is 0. The molecule has 0 aliphatic rings. The number of nitrogens with two attached hydrogens (primary N) is 1. The minimum atomic E-state index is 0.416. The van der Waals surface area contributed by atoms with Gasteiger partial charge in [-0.2, -0.15) is 0 Å². The van der Waals surface area contributed by atoms with Crippen LogP contribution in [0.4, 0.5) is 0 Å². The molecular weight excluding hydrogens is 250 g/mol. The first-order chi connectivity index (χ1) is 8.13. The quantitative estimate of drug-likeness (QED) is 0.872. The fourth-order valence-corrected chi connectivity index (χ4v) is 3.05. The van der Waals surface area contributed by atoms with Crippen LogP contribution in [0, 0.1) is 6.92 Å². The van der Waals surface area contributed by atoms with E-state index in [2.05, 4.69) is 31.4 Å². The summed E-state index contributed by atoms with van der Waals surface area (Å²) in [4.78, 5) is 1.26. The van der Waals surface area contributed by atoms with E-state index in [1.807, 2.05) is 12.1 Å². The Hall–Kier alpha value is -0.830. The Bertz CT molecular complexity index is 519. The molecule has 0 aliphatic heterocycles. The van der Waals surface area contributed by atoms with E-state index < -0.39 is 0 Å². The summed E-state index contributed by atoms with van der Waals surface area (Å²) >= 11 is 7.90. The van der Waals surface area contributed by atoms with Gasteiger partial charge in [-0.25, -0.2) is 0 Å². The summed E-state index contributed by atoms with van der Waals surface area (Å²) in [7, 11) is 0. The van der Waals surface area contributed by atoms with E-state index in [1.165, 1.54) is 16.0 Å². The molecule has 0 amide bonds. The lowest BCUT2D eigenvalue weighted by Gasteiger charge is -2.06. The SMILES string of the molecule is Cc1c(Cl)cccc1-c1cc(C(C)CN)cs1. The molecule has 0 radical (unpaired) electrons. The molecule has 90 valence electrons. The Kier molecular flexibility index (Phi) is 3.87. The predicted octanol–water partition coefficient (Wildman–Crippen LogP) is 4.44. The van der Waals surface area contributed by atoms with Gasteiger partial charge < -0.3 is 5.73 Å². The smallest absolute Gasteiger partial charge is 0.0441 e. The van der Waals surface area contributed by atoms with Crippen molar-refractivity contribution in [3.05, 3.63) is 45.8 Å². The maximum atomic E-state index is 6.14. The molecule has 0 saturated carbocycles. The molecule has 1 heterocycles. The fraction of sp³-hybridized carbons (Fsp3) is 0.286. The molecule has 1 nitrogen and oxygen atoms in total. The van der Waals surface area contributed by atoms with Crippen molar-refractivity contribution >= 4 is 22.9 Å². The molecule has 2 rings (SSSR count). The van der Waals surface area contributed by atoms with Crippen molar-refractivity contribution in [2.24, 2.45) is 5.73 Å². The number of benzene rings is 1. The molecule has 1 unspecified atom stereocenters. The zero-order valence-corrected chi connectivity index (χ0v) is 11.6. The summed E-state index contributed by atoms with van der Waals surface area (Å²) in [6.45, 7) is 4.89. The predicted molar refractivity (Wildman–Crippen MR) is 77.0 cm³/mol. The molecular formula is C14H16ClNS. The van der Waals surface area contributed by atoms with E-state index in [0.717, 1.165) is 10.6 Å². The van der Waals surface area contributed by atoms with Gasteiger partial charge in [0.05, 0.1) is 0 Å². The minimum absolute atomic E-state index is 0.416. The van der Waals surface area contributed by atoms with Gasteiger partial charge in [0, 0.05) is 9.90 Å². The number of hydrogen-bond acceptors (Lipinski definition) is 2. The van der Waals surface area contributed by atoms with Gasteiger partial charge in [0.25, 0.3) is 0 Å². The fourth-order valence-electron chi connectivity index (χ4n) is 1.76. The zero-order chi connectivity index (χ0) is 12.4. The van der Waals surface area contributed by atoms with Crippen LogP contribution in [0.5, 0.6) is 0 Å². The normalized spacial score (nSPS) is 12.7. The van der Waals surface area contributed by atoms with E-state index in [4.69, 9.17) is 17.3 Å². The van der Waals surface area contributed by atoms with E-state index in [-0.39, 0.29) is 0 Å². The molecule has 0 aliphatic carbocycles. The molecule has 1 aromatic heterocycles. The molecule has 0 fully saturated rings.